The molecule has 0 aliphatic carbocycles. The predicted octanol–water partition coefficient (Wildman–Crippen LogP) is 2.30. The molecule has 4 heteroatoms. The van der Waals surface area contributed by atoms with Crippen molar-refractivity contribution in [3.63, 3.8) is 0 Å². The third-order valence-corrected chi connectivity index (χ3v) is 2.23. The summed E-state index contributed by atoms with van der Waals surface area (Å²) in [6.45, 7) is 0. The Morgan fingerprint density at radius 2 is 2.07 bits per heavy atom. The van der Waals surface area contributed by atoms with E-state index in [1.165, 1.54) is 0 Å². The molecule has 0 fully saturated rings. The van der Waals surface area contributed by atoms with Crippen molar-refractivity contribution in [3.8, 4) is 0 Å². The second kappa shape index (κ2) is 4.28. The number of halogens is 1. The van der Waals surface area contributed by atoms with E-state index in [-0.39, 0.29) is 0 Å². The maximum atomic E-state index is 5.69. The van der Waals surface area contributed by atoms with Gasteiger partial charge in [0.05, 0.1) is 0 Å². The average Bonchev–Trinajstić information content (AvgIpc) is 2.22. The zero-order chi connectivity index (χ0) is 10.7. The van der Waals surface area contributed by atoms with Gasteiger partial charge in [-0.3, -0.25) is 0 Å². The molecule has 0 aliphatic heterocycles. The Bertz CT molecular complexity index is 454. The number of nitrogens with zero attached hydrogens (tertiary/aromatic N) is 2. The molecule has 0 saturated carbocycles. The van der Waals surface area contributed by atoms with Crippen LogP contribution in [-0.2, 0) is 6.42 Å². The lowest BCUT2D eigenvalue weighted by molar-refractivity contribution is 1.06. The second-order valence-electron chi connectivity index (χ2n) is 3.22. The van der Waals surface area contributed by atoms with Crippen LogP contribution in [0.2, 0.25) is 5.15 Å². The lowest BCUT2D eigenvalue weighted by Gasteiger charge is -2.01. The molecule has 0 atom stereocenters. The topological polar surface area (TPSA) is 51.8 Å². The van der Waals surface area contributed by atoms with Gasteiger partial charge in [-0.2, -0.15) is 0 Å². The first-order valence-electron chi connectivity index (χ1n) is 4.56. The van der Waals surface area contributed by atoms with Crippen LogP contribution in [-0.4, -0.2) is 9.97 Å². The van der Waals surface area contributed by atoms with Crippen molar-refractivity contribution in [1.82, 2.24) is 9.97 Å². The minimum atomic E-state index is 0.499. The number of hydrogen-bond acceptors (Lipinski definition) is 3. The molecular formula is C11H10ClN3. The number of aromatic nitrogens is 2. The number of anilines is 1. The van der Waals surface area contributed by atoms with Gasteiger partial charge >= 0.3 is 0 Å². The fourth-order valence-corrected chi connectivity index (χ4v) is 1.43. The molecule has 0 radical (unpaired) electrons. The van der Waals surface area contributed by atoms with E-state index in [1.807, 2.05) is 18.2 Å². The molecule has 0 aromatic carbocycles. The van der Waals surface area contributed by atoms with Crippen molar-refractivity contribution in [2.45, 2.75) is 6.42 Å². The quantitative estimate of drug-likeness (QED) is 0.789. The highest BCUT2D eigenvalue weighted by Crippen LogP contribution is 2.10. The molecule has 2 aromatic rings. The standard InChI is InChI=1S/C11H10ClN3/c12-10-5-4-8(7-14-10)6-9-2-1-3-11(13)15-9/h1-5,7H,6H2,(H2,13,15). The van der Waals surface area contributed by atoms with E-state index in [0.29, 0.717) is 11.0 Å². The Balaban J connectivity index is 2.18. The summed E-state index contributed by atoms with van der Waals surface area (Å²) < 4.78 is 0. The molecule has 0 saturated heterocycles. The fourth-order valence-electron chi connectivity index (χ4n) is 1.32. The molecule has 2 aromatic heterocycles. The van der Waals surface area contributed by atoms with Crippen molar-refractivity contribution in [3.05, 3.63) is 52.9 Å². The summed E-state index contributed by atoms with van der Waals surface area (Å²) in [5.74, 6) is 0.537. The molecule has 2 rings (SSSR count). The molecule has 15 heavy (non-hydrogen) atoms. The third-order valence-electron chi connectivity index (χ3n) is 2.00. The van der Waals surface area contributed by atoms with E-state index in [0.717, 1.165) is 17.7 Å². The second-order valence-corrected chi connectivity index (χ2v) is 3.61. The minimum absolute atomic E-state index is 0.499. The van der Waals surface area contributed by atoms with Crippen LogP contribution in [0.15, 0.2) is 36.5 Å². The summed E-state index contributed by atoms with van der Waals surface area (Å²) in [5.41, 5.74) is 7.59. The first-order chi connectivity index (χ1) is 7.24. The zero-order valence-electron chi connectivity index (χ0n) is 8.02. The highest BCUT2D eigenvalue weighted by atomic mass is 35.5. The number of rotatable bonds is 2. The first-order valence-corrected chi connectivity index (χ1v) is 4.94. The highest BCUT2D eigenvalue weighted by Gasteiger charge is 1.98. The molecule has 2 heterocycles. The van der Waals surface area contributed by atoms with Crippen molar-refractivity contribution in [2.75, 3.05) is 5.73 Å². The molecule has 0 spiro atoms. The Morgan fingerprint density at radius 1 is 1.20 bits per heavy atom. The van der Waals surface area contributed by atoms with Crippen molar-refractivity contribution < 1.29 is 0 Å². The van der Waals surface area contributed by atoms with Gasteiger partial charge in [-0.1, -0.05) is 23.7 Å². The Kier molecular flexibility index (Phi) is 2.83. The molecule has 0 unspecified atom stereocenters. The van der Waals surface area contributed by atoms with Gasteiger partial charge < -0.3 is 5.73 Å². The van der Waals surface area contributed by atoms with Gasteiger partial charge in [0.15, 0.2) is 0 Å². The van der Waals surface area contributed by atoms with Crippen LogP contribution >= 0.6 is 11.6 Å². The van der Waals surface area contributed by atoms with Gasteiger partial charge in [0.25, 0.3) is 0 Å². The van der Waals surface area contributed by atoms with Crippen LogP contribution in [0.4, 0.5) is 5.82 Å². The smallest absolute Gasteiger partial charge is 0.129 e. The predicted molar refractivity (Wildman–Crippen MR) is 60.7 cm³/mol. The van der Waals surface area contributed by atoms with Crippen molar-refractivity contribution in [1.29, 1.82) is 0 Å². The molecule has 0 aliphatic rings. The van der Waals surface area contributed by atoms with E-state index in [9.17, 15) is 0 Å². The number of nitrogens with two attached hydrogens (primary N) is 1. The zero-order valence-corrected chi connectivity index (χ0v) is 8.78. The van der Waals surface area contributed by atoms with E-state index < -0.39 is 0 Å². The molecular weight excluding hydrogens is 210 g/mol. The lowest BCUT2D eigenvalue weighted by Crippen LogP contribution is -1.96. The maximum Gasteiger partial charge on any atom is 0.129 e. The van der Waals surface area contributed by atoms with E-state index in [4.69, 9.17) is 17.3 Å². The molecule has 2 N–H and O–H groups in total. The number of hydrogen-bond donors (Lipinski definition) is 1. The summed E-state index contributed by atoms with van der Waals surface area (Å²) in [4.78, 5) is 8.21. The molecule has 0 bridgehead atoms. The Hall–Kier alpha value is -1.61. The number of pyridine rings is 2. The van der Waals surface area contributed by atoms with Crippen LogP contribution < -0.4 is 5.73 Å². The minimum Gasteiger partial charge on any atom is -0.384 e. The van der Waals surface area contributed by atoms with Gasteiger partial charge in [-0.25, -0.2) is 9.97 Å². The maximum absolute atomic E-state index is 5.69. The summed E-state index contributed by atoms with van der Waals surface area (Å²) in [7, 11) is 0. The first kappa shape index (κ1) is 9.93. The van der Waals surface area contributed by atoms with Crippen molar-refractivity contribution >= 4 is 17.4 Å². The van der Waals surface area contributed by atoms with E-state index in [2.05, 4.69) is 9.97 Å². The summed E-state index contributed by atoms with van der Waals surface area (Å²) in [6, 6.07) is 9.29. The largest absolute Gasteiger partial charge is 0.384 e. The summed E-state index contributed by atoms with van der Waals surface area (Å²) in [5, 5.41) is 0.499. The normalized spacial score (nSPS) is 10.2. The Labute approximate surface area is 92.9 Å². The Morgan fingerprint density at radius 3 is 2.73 bits per heavy atom. The highest BCUT2D eigenvalue weighted by molar-refractivity contribution is 6.29. The monoisotopic (exact) mass is 219 g/mol. The van der Waals surface area contributed by atoms with Crippen LogP contribution in [0.5, 0.6) is 0 Å². The average molecular weight is 220 g/mol. The van der Waals surface area contributed by atoms with Crippen molar-refractivity contribution in [2.24, 2.45) is 0 Å². The third kappa shape index (κ3) is 2.67. The SMILES string of the molecule is Nc1cccc(Cc2ccc(Cl)nc2)n1. The number of nitrogen functional groups attached to an aromatic ring is 1. The molecule has 0 amide bonds. The van der Waals surface area contributed by atoms with Gasteiger partial charge in [-0.05, 0) is 23.8 Å². The molecule has 76 valence electrons. The van der Waals surface area contributed by atoms with Crippen LogP contribution in [0.1, 0.15) is 11.3 Å². The summed E-state index contributed by atoms with van der Waals surface area (Å²) in [6.07, 6.45) is 2.46. The van der Waals surface area contributed by atoms with Crippen LogP contribution in [0, 0.1) is 0 Å². The van der Waals surface area contributed by atoms with Gasteiger partial charge in [0, 0.05) is 18.3 Å². The fraction of sp³-hybridized carbons (Fsp3) is 0.0909. The van der Waals surface area contributed by atoms with Crippen LogP contribution in [0.25, 0.3) is 0 Å². The lowest BCUT2D eigenvalue weighted by atomic mass is 10.1. The molecule has 3 nitrogen and oxygen atoms in total. The van der Waals surface area contributed by atoms with Gasteiger partial charge in [-0.15, -0.1) is 0 Å². The van der Waals surface area contributed by atoms with Gasteiger partial charge in [0.1, 0.15) is 11.0 Å². The summed E-state index contributed by atoms with van der Waals surface area (Å²) >= 11 is 5.69. The van der Waals surface area contributed by atoms with E-state index in [1.54, 1.807) is 18.3 Å². The van der Waals surface area contributed by atoms with Gasteiger partial charge in [0.2, 0.25) is 0 Å². The van der Waals surface area contributed by atoms with E-state index >= 15 is 0 Å². The van der Waals surface area contributed by atoms with Crippen LogP contribution in [0.3, 0.4) is 0 Å².